The van der Waals surface area contributed by atoms with Crippen LogP contribution in [0.25, 0.3) is 0 Å². The number of benzene rings is 2. The van der Waals surface area contributed by atoms with Crippen LogP contribution in [0.5, 0.6) is 0 Å². The molecule has 0 aromatic heterocycles. The number of aryl methyl sites for hydroxylation is 2. The zero-order valence-corrected chi connectivity index (χ0v) is 15.5. The minimum absolute atomic E-state index is 0.0455. The van der Waals surface area contributed by atoms with Crippen molar-refractivity contribution >= 4 is 23.3 Å². The number of carbonyl (C=O) groups excluding carboxylic acids is 2. The first-order valence-corrected chi connectivity index (χ1v) is 9.08. The molecule has 0 bridgehead atoms. The van der Waals surface area contributed by atoms with Crippen molar-refractivity contribution in [2.24, 2.45) is 0 Å². The average molecular weight is 388 g/mol. The van der Waals surface area contributed by atoms with E-state index in [1.165, 1.54) is 24.0 Å². The molecule has 0 unspecified atom stereocenters. The van der Waals surface area contributed by atoms with Gasteiger partial charge in [0.05, 0.1) is 11.3 Å². The maximum Gasteiger partial charge on any atom is 0.416 e. The highest BCUT2D eigenvalue weighted by Crippen LogP contribution is 2.48. The van der Waals surface area contributed by atoms with E-state index < -0.39 is 29.2 Å². The second kappa shape index (κ2) is 6.09. The van der Waals surface area contributed by atoms with Gasteiger partial charge >= 0.3 is 12.2 Å². The van der Waals surface area contributed by atoms with E-state index in [4.69, 9.17) is 0 Å². The number of hydrogen-bond donors (Lipinski definition) is 0. The number of rotatable bonds is 2. The quantitative estimate of drug-likeness (QED) is 0.662. The maximum atomic E-state index is 13.3. The van der Waals surface area contributed by atoms with Crippen LogP contribution in [0.15, 0.2) is 42.5 Å². The van der Waals surface area contributed by atoms with Crippen molar-refractivity contribution in [2.45, 2.75) is 44.8 Å². The average Bonchev–Trinajstić information content (AvgIpc) is 2.83. The van der Waals surface area contributed by atoms with Crippen LogP contribution in [0.3, 0.4) is 0 Å². The van der Waals surface area contributed by atoms with E-state index in [9.17, 15) is 22.8 Å². The zero-order chi connectivity index (χ0) is 20.3. The van der Waals surface area contributed by atoms with E-state index in [1.54, 1.807) is 12.1 Å². The molecule has 2 fully saturated rings. The topological polar surface area (TPSA) is 40.6 Å². The number of urea groups is 1. The number of nitrogens with zero attached hydrogens (tertiary/aromatic N) is 2. The third-order valence-electron chi connectivity index (χ3n) is 5.67. The molecule has 146 valence electrons. The highest BCUT2D eigenvalue weighted by molar-refractivity contribution is 6.30. The molecule has 1 saturated heterocycles. The number of amides is 3. The largest absolute Gasteiger partial charge is 0.416 e. The third kappa shape index (κ3) is 2.60. The van der Waals surface area contributed by atoms with Gasteiger partial charge in [-0.15, -0.1) is 0 Å². The molecule has 2 aliphatic rings. The summed E-state index contributed by atoms with van der Waals surface area (Å²) in [6.45, 7) is 3.27. The number of halogens is 3. The Morgan fingerprint density at radius 3 is 2.07 bits per heavy atom. The summed E-state index contributed by atoms with van der Waals surface area (Å²) in [5.41, 5.74) is -0.265. The van der Waals surface area contributed by atoms with Gasteiger partial charge in [-0.1, -0.05) is 23.8 Å². The number of anilines is 2. The standard InChI is InChI=1S/C21H19F3N2O2/c1-13-4-7-15(8-5-13)26-19(28)25(18(27)20(26)10-3-11-20)16-9-6-14(2)17(12-16)21(22,23)24/h4-9,12H,3,10-11H2,1-2H3. The van der Waals surface area contributed by atoms with Gasteiger partial charge in [-0.25, -0.2) is 9.69 Å². The fourth-order valence-corrected chi connectivity index (χ4v) is 3.96. The molecule has 1 aliphatic carbocycles. The number of carbonyl (C=O) groups is 2. The normalized spacial score (nSPS) is 18.8. The Labute approximate surface area is 160 Å². The lowest BCUT2D eigenvalue weighted by molar-refractivity contribution is -0.138. The summed E-state index contributed by atoms with van der Waals surface area (Å²) < 4.78 is 40.0. The first-order chi connectivity index (χ1) is 13.1. The highest BCUT2D eigenvalue weighted by Gasteiger charge is 2.61. The van der Waals surface area contributed by atoms with Gasteiger partial charge in [-0.05, 0) is 62.9 Å². The molecule has 1 saturated carbocycles. The maximum absolute atomic E-state index is 13.3. The van der Waals surface area contributed by atoms with Crippen LogP contribution in [-0.4, -0.2) is 17.5 Å². The van der Waals surface area contributed by atoms with E-state index in [1.807, 2.05) is 19.1 Å². The van der Waals surface area contributed by atoms with Gasteiger partial charge < -0.3 is 0 Å². The van der Waals surface area contributed by atoms with Crippen LogP contribution in [0, 0.1) is 13.8 Å². The number of imide groups is 1. The van der Waals surface area contributed by atoms with Crippen molar-refractivity contribution in [1.29, 1.82) is 0 Å². The monoisotopic (exact) mass is 388 g/mol. The molecule has 0 atom stereocenters. The second-order valence-electron chi connectivity index (χ2n) is 7.48. The van der Waals surface area contributed by atoms with Gasteiger partial charge in [-0.2, -0.15) is 13.2 Å². The highest BCUT2D eigenvalue weighted by atomic mass is 19.4. The number of hydrogen-bond acceptors (Lipinski definition) is 2. The van der Waals surface area contributed by atoms with Crippen LogP contribution in [0.2, 0.25) is 0 Å². The Balaban J connectivity index is 1.80. The van der Waals surface area contributed by atoms with Gasteiger partial charge in [0.25, 0.3) is 5.91 Å². The van der Waals surface area contributed by atoms with Gasteiger partial charge in [0.15, 0.2) is 0 Å². The van der Waals surface area contributed by atoms with Crippen LogP contribution in [0.4, 0.5) is 29.3 Å². The lowest BCUT2D eigenvalue weighted by atomic mass is 9.75. The van der Waals surface area contributed by atoms with E-state index in [-0.39, 0.29) is 11.3 Å². The molecule has 0 radical (unpaired) electrons. The predicted octanol–water partition coefficient (Wildman–Crippen LogP) is 5.22. The summed E-state index contributed by atoms with van der Waals surface area (Å²) in [4.78, 5) is 28.8. The van der Waals surface area contributed by atoms with Crippen LogP contribution in [-0.2, 0) is 11.0 Å². The first kappa shape index (κ1) is 18.5. The lowest BCUT2D eigenvalue weighted by Crippen LogP contribution is -2.55. The summed E-state index contributed by atoms with van der Waals surface area (Å²) in [5, 5.41) is 0. The van der Waals surface area contributed by atoms with Gasteiger partial charge in [-0.3, -0.25) is 9.69 Å². The van der Waals surface area contributed by atoms with Crippen molar-refractivity contribution in [3.63, 3.8) is 0 Å². The molecule has 1 heterocycles. The fraction of sp³-hybridized carbons (Fsp3) is 0.333. The molecule has 0 N–H and O–H groups in total. The fourth-order valence-electron chi connectivity index (χ4n) is 3.96. The summed E-state index contributed by atoms with van der Waals surface area (Å²) in [7, 11) is 0. The van der Waals surface area contributed by atoms with Gasteiger partial charge in [0.1, 0.15) is 5.54 Å². The SMILES string of the molecule is Cc1ccc(N2C(=O)N(c3ccc(C)c(C(F)(F)F)c3)C(=O)C23CCC3)cc1. The van der Waals surface area contributed by atoms with E-state index in [0.29, 0.717) is 18.5 Å². The molecule has 2 aromatic carbocycles. The molecule has 28 heavy (non-hydrogen) atoms. The zero-order valence-electron chi connectivity index (χ0n) is 15.5. The Morgan fingerprint density at radius 1 is 0.929 bits per heavy atom. The molecule has 1 spiro atoms. The Kier molecular flexibility index (Phi) is 4.03. The van der Waals surface area contributed by atoms with Crippen molar-refractivity contribution in [1.82, 2.24) is 0 Å². The molecule has 4 rings (SSSR count). The minimum Gasteiger partial charge on any atom is -0.278 e. The molecule has 3 amide bonds. The van der Waals surface area contributed by atoms with E-state index in [2.05, 4.69) is 0 Å². The Hall–Kier alpha value is -2.83. The summed E-state index contributed by atoms with van der Waals surface area (Å²) >= 11 is 0. The smallest absolute Gasteiger partial charge is 0.278 e. The summed E-state index contributed by atoms with van der Waals surface area (Å²) in [6.07, 6.45) is -2.77. The molecule has 7 heteroatoms. The molecule has 4 nitrogen and oxygen atoms in total. The molecular weight excluding hydrogens is 369 g/mol. The van der Waals surface area contributed by atoms with Crippen molar-refractivity contribution < 1.29 is 22.8 Å². The van der Waals surface area contributed by atoms with Gasteiger partial charge in [0, 0.05) is 5.69 Å². The van der Waals surface area contributed by atoms with E-state index >= 15 is 0 Å². The lowest BCUT2D eigenvalue weighted by Gasteiger charge is -2.42. The van der Waals surface area contributed by atoms with Crippen molar-refractivity contribution in [2.75, 3.05) is 9.80 Å². The third-order valence-corrected chi connectivity index (χ3v) is 5.67. The van der Waals surface area contributed by atoms with Crippen LogP contribution >= 0.6 is 0 Å². The number of alkyl halides is 3. The van der Waals surface area contributed by atoms with E-state index in [0.717, 1.165) is 23.0 Å². The summed E-state index contributed by atoms with van der Waals surface area (Å²) in [5.74, 6) is -0.457. The minimum atomic E-state index is -4.56. The summed E-state index contributed by atoms with van der Waals surface area (Å²) in [6, 6.07) is 10.2. The molecule has 2 aromatic rings. The van der Waals surface area contributed by atoms with Crippen molar-refractivity contribution in [3.8, 4) is 0 Å². The Bertz CT molecular complexity index is 963. The Morgan fingerprint density at radius 2 is 1.54 bits per heavy atom. The molecular formula is C21H19F3N2O2. The van der Waals surface area contributed by atoms with Gasteiger partial charge in [0.2, 0.25) is 0 Å². The van der Waals surface area contributed by atoms with Crippen molar-refractivity contribution in [3.05, 3.63) is 59.2 Å². The second-order valence-corrected chi connectivity index (χ2v) is 7.48. The first-order valence-electron chi connectivity index (χ1n) is 9.08. The predicted molar refractivity (Wildman–Crippen MR) is 99.3 cm³/mol. The molecule has 1 aliphatic heterocycles. The van der Waals surface area contributed by atoms with Crippen LogP contribution < -0.4 is 9.80 Å². The van der Waals surface area contributed by atoms with Crippen LogP contribution in [0.1, 0.15) is 36.0 Å².